The molecule has 0 heterocycles. The highest BCUT2D eigenvalue weighted by molar-refractivity contribution is 7.92. The highest BCUT2D eigenvalue weighted by atomic mass is 32.2. The molecule has 0 bridgehead atoms. The van der Waals surface area contributed by atoms with Crippen molar-refractivity contribution in [3.8, 4) is 11.5 Å². The second kappa shape index (κ2) is 13.7. The number of nitrogens with zero attached hydrogens (tertiary/aromatic N) is 2. The third-order valence-electron chi connectivity index (χ3n) is 6.50. The predicted molar refractivity (Wildman–Crippen MR) is 164 cm³/mol. The number of rotatable bonds is 12. The minimum atomic E-state index is -4.15. The number of sulfonamides is 1. The summed E-state index contributed by atoms with van der Waals surface area (Å²) >= 11 is 0. The number of nitrogens with one attached hydrogen (secondary N) is 1. The van der Waals surface area contributed by atoms with E-state index in [4.69, 9.17) is 9.47 Å². The van der Waals surface area contributed by atoms with Crippen molar-refractivity contribution in [2.75, 3.05) is 24.6 Å². The summed E-state index contributed by atoms with van der Waals surface area (Å²) in [5.74, 6) is 0.347. The molecule has 2 amide bonds. The fourth-order valence-electron chi connectivity index (χ4n) is 4.23. The summed E-state index contributed by atoms with van der Waals surface area (Å²) in [4.78, 5) is 28.7. The van der Waals surface area contributed by atoms with Gasteiger partial charge in [-0.2, -0.15) is 0 Å². The molecule has 0 saturated carbocycles. The number of benzene rings is 3. The summed E-state index contributed by atoms with van der Waals surface area (Å²) in [6, 6.07) is 19.3. The molecule has 226 valence electrons. The van der Waals surface area contributed by atoms with E-state index >= 15 is 0 Å². The molecule has 1 N–H and O–H groups in total. The number of hydrogen-bond donors (Lipinski definition) is 1. The van der Waals surface area contributed by atoms with Crippen LogP contribution in [0.1, 0.15) is 45.7 Å². The van der Waals surface area contributed by atoms with Gasteiger partial charge in [-0.15, -0.1) is 0 Å². The first-order valence-corrected chi connectivity index (χ1v) is 15.3. The number of carbonyl (C=O) groups excluding carboxylic acids is 2. The second-order valence-corrected chi connectivity index (χ2v) is 12.9. The third-order valence-corrected chi connectivity index (χ3v) is 8.29. The Balaban J connectivity index is 2.03. The van der Waals surface area contributed by atoms with Crippen LogP contribution >= 0.6 is 0 Å². The van der Waals surface area contributed by atoms with Crippen molar-refractivity contribution >= 4 is 27.5 Å². The first kappa shape index (κ1) is 32.5. The Kier molecular flexibility index (Phi) is 10.6. The van der Waals surface area contributed by atoms with Gasteiger partial charge in [0, 0.05) is 12.1 Å². The number of amides is 2. The van der Waals surface area contributed by atoms with Gasteiger partial charge in [0.2, 0.25) is 11.8 Å². The maximum absolute atomic E-state index is 14.1. The standard InChI is InChI=1S/C32H41N3O6S/c1-8-41-28-17-13-26(14-18-28)35(42(38,39)29-19-9-23(2)10-20-29)22-30(36)34(24(3)31(37)33-32(4,5)6)21-25-11-15-27(40-7)16-12-25/h9-20,24H,8,21-22H2,1-7H3,(H,33,37)/t24-/m1/s1. The molecule has 3 aromatic carbocycles. The van der Waals surface area contributed by atoms with Crippen LogP contribution in [-0.2, 0) is 26.2 Å². The summed E-state index contributed by atoms with van der Waals surface area (Å²) in [7, 11) is -2.59. The lowest BCUT2D eigenvalue weighted by Gasteiger charge is -2.33. The topological polar surface area (TPSA) is 105 Å². The molecule has 0 unspecified atom stereocenters. The van der Waals surface area contributed by atoms with Gasteiger partial charge in [-0.1, -0.05) is 29.8 Å². The molecular formula is C32H41N3O6S. The van der Waals surface area contributed by atoms with Crippen molar-refractivity contribution in [2.24, 2.45) is 0 Å². The van der Waals surface area contributed by atoms with E-state index in [9.17, 15) is 18.0 Å². The molecule has 0 spiro atoms. The van der Waals surface area contributed by atoms with Crippen molar-refractivity contribution in [3.05, 3.63) is 83.9 Å². The number of methoxy groups -OCH3 is 1. The van der Waals surface area contributed by atoms with E-state index in [1.54, 1.807) is 74.7 Å². The van der Waals surface area contributed by atoms with Gasteiger partial charge in [0.1, 0.15) is 24.1 Å². The number of carbonyl (C=O) groups is 2. The molecule has 0 aliphatic carbocycles. The van der Waals surface area contributed by atoms with Crippen molar-refractivity contribution in [3.63, 3.8) is 0 Å². The number of aryl methyl sites for hydroxylation is 1. The molecule has 0 saturated heterocycles. The van der Waals surface area contributed by atoms with Crippen LogP contribution in [0.2, 0.25) is 0 Å². The van der Waals surface area contributed by atoms with Gasteiger partial charge in [0.05, 0.1) is 24.3 Å². The first-order valence-electron chi connectivity index (χ1n) is 13.8. The molecule has 0 aromatic heterocycles. The molecule has 0 radical (unpaired) electrons. The molecule has 3 rings (SSSR count). The lowest BCUT2D eigenvalue weighted by molar-refractivity contribution is -0.140. The van der Waals surface area contributed by atoms with Crippen LogP contribution in [0, 0.1) is 6.92 Å². The molecular weight excluding hydrogens is 554 g/mol. The van der Waals surface area contributed by atoms with Crippen LogP contribution in [0.25, 0.3) is 0 Å². The molecule has 0 fully saturated rings. The van der Waals surface area contributed by atoms with E-state index in [2.05, 4.69) is 5.32 Å². The third kappa shape index (κ3) is 8.48. The fraction of sp³-hybridized carbons (Fsp3) is 0.375. The minimum Gasteiger partial charge on any atom is -0.497 e. The number of hydrogen-bond acceptors (Lipinski definition) is 6. The predicted octanol–water partition coefficient (Wildman–Crippen LogP) is 4.93. The largest absolute Gasteiger partial charge is 0.497 e. The Hall–Kier alpha value is -4.05. The quantitative estimate of drug-likeness (QED) is 0.318. The fourth-order valence-corrected chi connectivity index (χ4v) is 5.64. The highest BCUT2D eigenvalue weighted by Crippen LogP contribution is 2.27. The molecule has 42 heavy (non-hydrogen) atoms. The zero-order chi connectivity index (χ0) is 31.1. The molecule has 10 heteroatoms. The molecule has 0 aliphatic heterocycles. The van der Waals surface area contributed by atoms with E-state index in [0.29, 0.717) is 23.8 Å². The van der Waals surface area contributed by atoms with E-state index in [1.807, 2.05) is 34.6 Å². The van der Waals surface area contributed by atoms with Crippen molar-refractivity contribution in [2.45, 2.75) is 64.6 Å². The van der Waals surface area contributed by atoms with Crippen LogP contribution in [-0.4, -0.2) is 57.0 Å². The normalized spacial score (nSPS) is 12.3. The van der Waals surface area contributed by atoms with Crippen molar-refractivity contribution in [1.29, 1.82) is 0 Å². The monoisotopic (exact) mass is 595 g/mol. The van der Waals surface area contributed by atoms with Crippen molar-refractivity contribution in [1.82, 2.24) is 10.2 Å². The highest BCUT2D eigenvalue weighted by Gasteiger charge is 2.33. The summed E-state index contributed by atoms with van der Waals surface area (Å²) in [5, 5.41) is 2.92. The van der Waals surface area contributed by atoms with Gasteiger partial charge in [-0.3, -0.25) is 13.9 Å². The Bertz CT molecular complexity index is 1450. The summed E-state index contributed by atoms with van der Waals surface area (Å²) < 4.78 is 39.8. The zero-order valence-electron chi connectivity index (χ0n) is 25.4. The van der Waals surface area contributed by atoms with Gasteiger partial charge in [-0.25, -0.2) is 8.42 Å². The molecule has 3 aromatic rings. The Morgan fingerprint density at radius 2 is 1.48 bits per heavy atom. The van der Waals surface area contributed by atoms with E-state index in [-0.39, 0.29) is 17.3 Å². The van der Waals surface area contributed by atoms with E-state index in [1.165, 1.54) is 17.0 Å². The SMILES string of the molecule is CCOc1ccc(N(CC(=O)N(Cc2ccc(OC)cc2)[C@H](C)C(=O)NC(C)(C)C)S(=O)(=O)c2ccc(C)cc2)cc1. The first-order chi connectivity index (χ1) is 19.7. The van der Waals surface area contributed by atoms with Gasteiger partial charge < -0.3 is 19.7 Å². The van der Waals surface area contributed by atoms with E-state index in [0.717, 1.165) is 15.4 Å². The van der Waals surface area contributed by atoms with Gasteiger partial charge >= 0.3 is 0 Å². The summed E-state index contributed by atoms with van der Waals surface area (Å²) in [6.07, 6.45) is 0. The zero-order valence-corrected chi connectivity index (χ0v) is 26.2. The van der Waals surface area contributed by atoms with Gasteiger partial charge in [-0.05, 0) is 95.6 Å². The summed E-state index contributed by atoms with van der Waals surface area (Å²) in [5.41, 5.74) is 1.43. The van der Waals surface area contributed by atoms with Gasteiger partial charge in [0.25, 0.3) is 10.0 Å². The van der Waals surface area contributed by atoms with Crippen LogP contribution in [0.15, 0.2) is 77.7 Å². The number of anilines is 1. The van der Waals surface area contributed by atoms with Crippen LogP contribution in [0.5, 0.6) is 11.5 Å². The lowest BCUT2D eigenvalue weighted by atomic mass is 10.1. The Labute approximate surface area is 249 Å². The molecule has 0 aliphatic rings. The average molecular weight is 596 g/mol. The molecule has 9 nitrogen and oxygen atoms in total. The number of ether oxygens (including phenoxy) is 2. The van der Waals surface area contributed by atoms with Crippen LogP contribution < -0.4 is 19.1 Å². The van der Waals surface area contributed by atoms with Crippen LogP contribution in [0.3, 0.4) is 0 Å². The Morgan fingerprint density at radius 1 is 0.905 bits per heavy atom. The maximum atomic E-state index is 14.1. The maximum Gasteiger partial charge on any atom is 0.264 e. The smallest absolute Gasteiger partial charge is 0.264 e. The van der Waals surface area contributed by atoms with E-state index < -0.39 is 34.1 Å². The van der Waals surface area contributed by atoms with Crippen molar-refractivity contribution < 1.29 is 27.5 Å². The van der Waals surface area contributed by atoms with Crippen LogP contribution in [0.4, 0.5) is 5.69 Å². The minimum absolute atomic E-state index is 0.0509. The van der Waals surface area contributed by atoms with Gasteiger partial charge in [0.15, 0.2) is 0 Å². The average Bonchev–Trinajstić information content (AvgIpc) is 2.94. The Morgan fingerprint density at radius 3 is 2.00 bits per heavy atom. The lowest BCUT2D eigenvalue weighted by Crippen LogP contribution is -2.54. The second-order valence-electron chi connectivity index (χ2n) is 11.0. The molecule has 1 atom stereocenters. The summed E-state index contributed by atoms with van der Waals surface area (Å²) in [6.45, 7) is 11.0.